The zero-order valence-electron chi connectivity index (χ0n) is 8.33. The molecular formula is C11H16FNO. The summed E-state index contributed by atoms with van der Waals surface area (Å²) in [5.74, 6) is -0.210. The Morgan fingerprint density at radius 1 is 1.36 bits per heavy atom. The van der Waals surface area contributed by atoms with Crippen LogP contribution in [-0.4, -0.2) is 17.8 Å². The van der Waals surface area contributed by atoms with Crippen LogP contribution < -0.4 is 5.32 Å². The summed E-state index contributed by atoms with van der Waals surface area (Å²) in [5, 5.41) is 12.2. The molecule has 1 atom stereocenters. The largest absolute Gasteiger partial charge is 0.393 e. The maximum Gasteiger partial charge on any atom is 0.123 e. The van der Waals surface area contributed by atoms with Crippen molar-refractivity contribution in [3.8, 4) is 0 Å². The molecule has 0 fully saturated rings. The first-order valence-electron chi connectivity index (χ1n) is 4.81. The Kier molecular flexibility index (Phi) is 4.56. The molecule has 2 nitrogen and oxygen atoms in total. The molecule has 78 valence electrons. The van der Waals surface area contributed by atoms with Gasteiger partial charge < -0.3 is 10.4 Å². The lowest BCUT2D eigenvalue weighted by Crippen LogP contribution is -2.18. The predicted octanol–water partition coefficient (Wildman–Crippen LogP) is 1.69. The lowest BCUT2D eigenvalue weighted by Gasteiger charge is -2.06. The molecule has 0 saturated carbocycles. The fraction of sp³-hybridized carbons (Fsp3) is 0.455. The van der Waals surface area contributed by atoms with Crippen molar-refractivity contribution >= 4 is 0 Å². The van der Waals surface area contributed by atoms with Gasteiger partial charge in [0.05, 0.1) is 6.10 Å². The number of hydrogen-bond donors (Lipinski definition) is 2. The molecular weight excluding hydrogens is 181 g/mol. The van der Waals surface area contributed by atoms with Crippen LogP contribution in [0, 0.1) is 5.82 Å². The summed E-state index contributed by atoms with van der Waals surface area (Å²) in [5.41, 5.74) is 1.05. The highest BCUT2D eigenvalue weighted by Crippen LogP contribution is 2.01. The number of benzene rings is 1. The molecule has 0 bridgehead atoms. The standard InChI is InChI=1S/C11H16FNO/c1-9(14)6-7-13-8-10-2-4-11(12)5-3-10/h2-5,9,13-14H,6-8H2,1H3. The van der Waals surface area contributed by atoms with Gasteiger partial charge in [0.2, 0.25) is 0 Å². The molecule has 0 aliphatic carbocycles. The van der Waals surface area contributed by atoms with Gasteiger partial charge in [-0.25, -0.2) is 4.39 Å². The van der Waals surface area contributed by atoms with Gasteiger partial charge in [-0.3, -0.25) is 0 Å². The third-order valence-corrected chi connectivity index (χ3v) is 1.98. The molecule has 1 unspecified atom stereocenters. The van der Waals surface area contributed by atoms with Crippen molar-refractivity contribution in [2.24, 2.45) is 0 Å². The van der Waals surface area contributed by atoms with Crippen LogP contribution in [0.4, 0.5) is 4.39 Å². The smallest absolute Gasteiger partial charge is 0.123 e. The van der Waals surface area contributed by atoms with Crippen molar-refractivity contribution in [1.29, 1.82) is 0 Å². The fourth-order valence-electron chi connectivity index (χ4n) is 1.15. The summed E-state index contributed by atoms with van der Waals surface area (Å²) in [6.45, 7) is 3.25. The first-order chi connectivity index (χ1) is 6.68. The summed E-state index contributed by atoms with van der Waals surface area (Å²) in [7, 11) is 0. The summed E-state index contributed by atoms with van der Waals surface area (Å²) in [6, 6.07) is 6.41. The predicted molar refractivity (Wildman–Crippen MR) is 54.4 cm³/mol. The van der Waals surface area contributed by atoms with E-state index >= 15 is 0 Å². The molecule has 0 amide bonds. The maximum absolute atomic E-state index is 12.5. The third-order valence-electron chi connectivity index (χ3n) is 1.98. The van der Waals surface area contributed by atoms with E-state index in [0.29, 0.717) is 6.54 Å². The van der Waals surface area contributed by atoms with E-state index in [2.05, 4.69) is 5.32 Å². The minimum absolute atomic E-state index is 0.210. The molecule has 0 saturated heterocycles. The van der Waals surface area contributed by atoms with Gasteiger partial charge in [0.25, 0.3) is 0 Å². The average molecular weight is 197 g/mol. The number of rotatable bonds is 5. The Morgan fingerprint density at radius 3 is 2.57 bits per heavy atom. The molecule has 0 heterocycles. The summed E-state index contributed by atoms with van der Waals surface area (Å²) in [6.07, 6.45) is 0.469. The second-order valence-electron chi connectivity index (χ2n) is 3.44. The van der Waals surface area contributed by atoms with Crippen LogP contribution in [0.5, 0.6) is 0 Å². The number of aliphatic hydroxyl groups is 1. The molecule has 0 spiro atoms. The second kappa shape index (κ2) is 5.73. The van der Waals surface area contributed by atoms with Crippen LogP contribution in [0.3, 0.4) is 0 Å². The molecule has 0 aliphatic rings. The SMILES string of the molecule is CC(O)CCNCc1ccc(F)cc1. The van der Waals surface area contributed by atoms with Gasteiger partial charge in [0.15, 0.2) is 0 Å². The minimum Gasteiger partial charge on any atom is -0.393 e. The number of aliphatic hydroxyl groups excluding tert-OH is 1. The topological polar surface area (TPSA) is 32.3 Å². The summed E-state index contributed by atoms with van der Waals surface area (Å²) < 4.78 is 12.5. The quantitative estimate of drug-likeness (QED) is 0.704. The van der Waals surface area contributed by atoms with Gasteiger partial charge in [0, 0.05) is 6.54 Å². The van der Waals surface area contributed by atoms with Gasteiger partial charge in [-0.2, -0.15) is 0 Å². The molecule has 14 heavy (non-hydrogen) atoms. The van der Waals surface area contributed by atoms with E-state index in [1.165, 1.54) is 12.1 Å². The minimum atomic E-state index is -0.268. The van der Waals surface area contributed by atoms with Crippen molar-refractivity contribution < 1.29 is 9.50 Å². The van der Waals surface area contributed by atoms with Gasteiger partial charge in [-0.15, -0.1) is 0 Å². The zero-order chi connectivity index (χ0) is 10.4. The molecule has 1 aromatic rings. The van der Waals surface area contributed by atoms with E-state index in [9.17, 15) is 4.39 Å². The van der Waals surface area contributed by atoms with Crippen LogP contribution in [0.25, 0.3) is 0 Å². The average Bonchev–Trinajstić information content (AvgIpc) is 2.15. The van der Waals surface area contributed by atoms with Crippen molar-refractivity contribution in [2.45, 2.75) is 26.0 Å². The summed E-state index contributed by atoms with van der Waals surface area (Å²) >= 11 is 0. The Balaban J connectivity index is 2.21. The molecule has 2 N–H and O–H groups in total. The zero-order valence-corrected chi connectivity index (χ0v) is 8.33. The highest BCUT2D eigenvalue weighted by atomic mass is 19.1. The monoisotopic (exact) mass is 197 g/mol. The van der Waals surface area contributed by atoms with Crippen molar-refractivity contribution in [3.05, 3.63) is 35.6 Å². The van der Waals surface area contributed by atoms with E-state index in [0.717, 1.165) is 18.5 Å². The van der Waals surface area contributed by atoms with Gasteiger partial charge in [0.1, 0.15) is 5.82 Å². The van der Waals surface area contributed by atoms with Crippen LogP contribution in [0.15, 0.2) is 24.3 Å². The van der Waals surface area contributed by atoms with Crippen molar-refractivity contribution in [2.75, 3.05) is 6.54 Å². The number of halogens is 1. The van der Waals surface area contributed by atoms with Crippen molar-refractivity contribution in [3.63, 3.8) is 0 Å². The van der Waals surface area contributed by atoms with E-state index in [-0.39, 0.29) is 11.9 Å². The second-order valence-corrected chi connectivity index (χ2v) is 3.44. The third kappa shape index (κ3) is 4.35. The number of hydrogen-bond acceptors (Lipinski definition) is 2. The number of nitrogens with one attached hydrogen (secondary N) is 1. The fourth-order valence-corrected chi connectivity index (χ4v) is 1.15. The van der Waals surface area contributed by atoms with Crippen LogP contribution >= 0.6 is 0 Å². The van der Waals surface area contributed by atoms with E-state index < -0.39 is 0 Å². The van der Waals surface area contributed by atoms with Gasteiger partial charge in [-0.1, -0.05) is 12.1 Å². The Morgan fingerprint density at radius 2 is 2.00 bits per heavy atom. The van der Waals surface area contributed by atoms with Gasteiger partial charge in [-0.05, 0) is 37.6 Å². The first kappa shape index (κ1) is 11.1. The van der Waals surface area contributed by atoms with Crippen molar-refractivity contribution in [1.82, 2.24) is 5.32 Å². The van der Waals surface area contributed by atoms with Gasteiger partial charge >= 0.3 is 0 Å². The summed E-state index contributed by atoms with van der Waals surface area (Å²) in [4.78, 5) is 0. The molecule has 0 aromatic heterocycles. The highest BCUT2D eigenvalue weighted by molar-refractivity contribution is 5.15. The Bertz CT molecular complexity index is 258. The highest BCUT2D eigenvalue weighted by Gasteiger charge is 1.96. The van der Waals surface area contributed by atoms with Crippen LogP contribution in [0.1, 0.15) is 18.9 Å². The lowest BCUT2D eigenvalue weighted by molar-refractivity contribution is 0.183. The van der Waals surface area contributed by atoms with Crippen LogP contribution in [-0.2, 0) is 6.54 Å². The molecule has 1 aromatic carbocycles. The Labute approximate surface area is 83.8 Å². The normalized spacial score (nSPS) is 12.8. The molecule has 3 heteroatoms. The molecule has 0 aliphatic heterocycles. The lowest BCUT2D eigenvalue weighted by atomic mass is 10.2. The maximum atomic E-state index is 12.5. The molecule has 1 rings (SSSR count). The Hall–Kier alpha value is -0.930. The van der Waals surface area contributed by atoms with E-state index in [1.807, 2.05) is 0 Å². The molecule has 0 radical (unpaired) electrons. The van der Waals surface area contributed by atoms with E-state index in [4.69, 9.17) is 5.11 Å². The first-order valence-corrected chi connectivity index (χ1v) is 4.81. The van der Waals surface area contributed by atoms with Crippen LogP contribution in [0.2, 0.25) is 0 Å². The van der Waals surface area contributed by atoms with E-state index in [1.54, 1.807) is 19.1 Å².